The lowest BCUT2D eigenvalue weighted by Gasteiger charge is -2.07. The van der Waals surface area contributed by atoms with Crippen LogP contribution >= 0.6 is 38.9 Å². The Morgan fingerprint density at radius 3 is 2.71 bits per heavy atom. The van der Waals surface area contributed by atoms with Crippen LogP contribution in [0.4, 0.5) is 5.69 Å². The van der Waals surface area contributed by atoms with Crippen LogP contribution < -0.4 is 5.32 Å². The van der Waals surface area contributed by atoms with E-state index in [2.05, 4.69) is 47.2 Å². The highest BCUT2D eigenvalue weighted by molar-refractivity contribution is 9.10. The third-order valence-corrected chi connectivity index (χ3v) is 4.95. The van der Waals surface area contributed by atoms with Gasteiger partial charge in [-0.2, -0.15) is 0 Å². The molecule has 90 valence electrons. The van der Waals surface area contributed by atoms with Gasteiger partial charge < -0.3 is 5.32 Å². The molecular weight excluding hydrogens is 318 g/mol. The smallest absolute Gasteiger partial charge is 0.0637 e. The van der Waals surface area contributed by atoms with Gasteiger partial charge in [-0.3, -0.25) is 0 Å². The highest BCUT2D eigenvalue weighted by atomic mass is 79.9. The molecule has 2 rings (SSSR count). The van der Waals surface area contributed by atoms with E-state index >= 15 is 0 Å². The molecule has 0 amide bonds. The van der Waals surface area contributed by atoms with Crippen molar-refractivity contribution in [2.45, 2.75) is 20.4 Å². The predicted molar refractivity (Wildman–Crippen MR) is 80.3 cm³/mol. The molecule has 0 radical (unpaired) electrons. The summed E-state index contributed by atoms with van der Waals surface area (Å²) in [7, 11) is 0. The lowest BCUT2D eigenvalue weighted by atomic mass is 10.2. The van der Waals surface area contributed by atoms with E-state index in [4.69, 9.17) is 11.6 Å². The average Bonchev–Trinajstić information content (AvgIpc) is 2.60. The van der Waals surface area contributed by atoms with Crippen molar-refractivity contribution in [1.29, 1.82) is 0 Å². The lowest BCUT2D eigenvalue weighted by Crippen LogP contribution is -1.98. The standard InChI is InChI=1S/C13H13BrClNS/c1-8-3-4-12(15)13(5-8)16-7-10-6-11(14)9(2)17-10/h3-6,16H,7H2,1-2H3. The maximum absolute atomic E-state index is 6.13. The fraction of sp³-hybridized carbons (Fsp3) is 0.231. The molecule has 0 aliphatic rings. The Morgan fingerprint density at radius 2 is 2.06 bits per heavy atom. The van der Waals surface area contributed by atoms with E-state index in [1.54, 1.807) is 11.3 Å². The second-order valence-corrected chi connectivity index (χ2v) is 6.56. The van der Waals surface area contributed by atoms with Gasteiger partial charge >= 0.3 is 0 Å². The second-order valence-electron chi connectivity index (χ2n) is 3.95. The van der Waals surface area contributed by atoms with E-state index in [0.29, 0.717) is 0 Å². The number of thiophene rings is 1. The van der Waals surface area contributed by atoms with Crippen LogP contribution in [-0.2, 0) is 6.54 Å². The molecule has 0 aliphatic heterocycles. The molecule has 0 saturated carbocycles. The number of anilines is 1. The zero-order valence-electron chi connectivity index (χ0n) is 9.68. The molecule has 1 N–H and O–H groups in total. The molecule has 0 saturated heterocycles. The third-order valence-electron chi connectivity index (χ3n) is 2.48. The van der Waals surface area contributed by atoms with Crippen LogP contribution in [0.3, 0.4) is 0 Å². The molecule has 2 aromatic rings. The van der Waals surface area contributed by atoms with Crippen molar-refractivity contribution in [3.63, 3.8) is 0 Å². The van der Waals surface area contributed by atoms with Gasteiger partial charge in [-0.1, -0.05) is 17.7 Å². The molecule has 0 atom stereocenters. The van der Waals surface area contributed by atoms with Crippen molar-refractivity contribution in [2.24, 2.45) is 0 Å². The van der Waals surface area contributed by atoms with Crippen LogP contribution in [0.15, 0.2) is 28.7 Å². The molecular formula is C13H13BrClNS. The van der Waals surface area contributed by atoms with Gasteiger partial charge in [0.25, 0.3) is 0 Å². The Kier molecular flexibility index (Phi) is 4.13. The largest absolute Gasteiger partial charge is 0.379 e. The first-order chi connectivity index (χ1) is 8.06. The molecule has 1 aromatic heterocycles. The van der Waals surface area contributed by atoms with Crippen LogP contribution in [-0.4, -0.2) is 0 Å². The van der Waals surface area contributed by atoms with Crippen molar-refractivity contribution in [1.82, 2.24) is 0 Å². The number of hydrogen-bond donors (Lipinski definition) is 1. The molecule has 1 aromatic carbocycles. The Balaban J connectivity index is 2.09. The fourth-order valence-electron chi connectivity index (χ4n) is 1.56. The minimum Gasteiger partial charge on any atom is -0.379 e. The van der Waals surface area contributed by atoms with Gasteiger partial charge in [-0.15, -0.1) is 11.3 Å². The SMILES string of the molecule is Cc1ccc(Cl)c(NCc2cc(Br)c(C)s2)c1. The molecule has 1 heterocycles. The number of hydrogen-bond acceptors (Lipinski definition) is 2. The summed E-state index contributed by atoms with van der Waals surface area (Å²) in [5.41, 5.74) is 2.20. The van der Waals surface area contributed by atoms with Gasteiger partial charge in [0.2, 0.25) is 0 Å². The van der Waals surface area contributed by atoms with E-state index in [0.717, 1.165) is 17.3 Å². The number of halogens is 2. The predicted octanol–water partition coefficient (Wildman–Crippen LogP) is 5.39. The summed E-state index contributed by atoms with van der Waals surface area (Å²) in [5, 5.41) is 4.13. The molecule has 1 nitrogen and oxygen atoms in total. The van der Waals surface area contributed by atoms with Gasteiger partial charge in [-0.25, -0.2) is 0 Å². The van der Waals surface area contributed by atoms with Gasteiger partial charge in [-0.05, 0) is 53.5 Å². The topological polar surface area (TPSA) is 12.0 Å². The zero-order valence-corrected chi connectivity index (χ0v) is 12.8. The van der Waals surface area contributed by atoms with Crippen LogP contribution in [0.5, 0.6) is 0 Å². The second kappa shape index (κ2) is 5.42. The summed E-state index contributed by atoms with van der Waals surface area (Å²) >= 11 is 11.4. The molecule has 17 heavy (non-hydrogen) atoms. The van der Waals surface area contributed by atoms with Gasteiger partial charge in [0, 0.05) is 20.8 Å². The zero-order chi connectivity index (χ0) is 12.4. The van der Waals surface area contributed by atoms with Crippen molar-refractivity contribution in [3.8, 4) is 0 Å². The summed E-state index contributed by atoms with van der Waals surface area (Å²) in [6.07, 6.45) is 0. The van der Waals surface area contributed by atoms with Gasteiger partial charge in [0.1, 0.15) is 0 Å². The van der Waals surface area contributed by atoms with Crippen molar-refractivity contribution >= 4 is 44.6 Å². The van der Waals surface area contributed by atoms with E-state index < -0.39 is 0 Å². The minimum absolute atomic E-state index is 0.767. The van der Waals surface area contributed by atoms with E-state index in [1.807, 2.05) is 12.1 Å². The van der Waals surface area contributed by atoms with Crippen LogP contribution in [0, 0.1) is 13.8 Å². The van der Waals surface area contributed by atoms with Crippen molar-refractivity contribution < 1.29 is 0 Å². The lowest BCUT2D eigenvalue weighted by molar-refractivity contribution is 1.19. The minimum atomic E-state index is 0.767. The van der Waals surface area contributed by atoms with Crippen LogP contribution in [0.2, 0.25) is 5.02 Å². The summed E-state index contributed by atoms with van der Waals surface area (Å²) in [6.45, 7) is 4.98. The monoisotopic (exact) mass is 329 g/mol. The number of rotatable bonds is 3. The van der Waals surface area contributed by atoms with Crippen molar-refractivity contribution in [3.05, 3.63) is 49.1 Å². The normalized spacial score (nSPS) is 10.6. The highest BCUT2D eigenvalue weighted by Gasteiger charge is 2.04. The van der Waals surface area contributed by atoms with Crippen molar-refractivity contribution in [2.75, 3.05) is 5.32 Å². The first-order valence-electron chi connectivity index (χ1n) is 5.31. The number of nitrogens with one attached hydrogen (secondary N) is 1. The maximum atomic E-state index is 6.13. The van der Waals surface area contributed by atoms with E-state index in [1.165, 1.54) is 19.8 Å². The molecule has 0 bridgehead atoms. The van der Waals surface area contributed by atoms with Gasteiger partial charge in [0.15, 0.2) is 0 Å². The Bertz CT molecular complexity index is 517. The first-order valence-corrected chi connectivity index (χ1v) is 7.30. The first kappa shape index (κ1) is 12.9. The highest BCUT2D eigenvalue weighted by Crippen LogP contribution is 2.28. The summed E-state index contributed by atoms with van der Waals surface area (Å²) < 4.78 is 1.18. The Morgan fingerprint density at radius 1 is 1.29 bits per heavy atom. The fourth-order valence-corrected chi connectivity index (χ4v) is 3.29. The third kappa shape index (κ3) is 3.24. The van der Waals surface area contributed by atoms with E-state index in [-0.39, 0.29) is 0 Å². The van der Waals surface area contributed by atoms with Gasteiger partial charge in [0.05, 0.1) is 10.7 Å². The average molecular weight is 331 g/mol. The Hall–Kier alpha value is -0.510. The quantitative estimate of drug-likeness (QED) is 0.795. The molecule has 0 fully saturated rings. The molecule has 0 unspecified atom stereocenters. The van der Waals surface area contributed by atoms with E-state index in [9.17, 15) is 0 Å². The maximum Gasteiger partial charge on any atom is 0.0637 e. The van der Waals surface area contributed by atoms with Crippen LogP contribution in [0.25, 0.3) is 0 Å². The summed E-state index contributed by atoms with van der Waals surface area (Å²) in [6, 6.07) is 8.16. The van der Waals surface area contributed by atoms with Crippen LogP contribution in [0.1, 0.15) is 15.3 Å². The number of aryl methyl sites for hydroxylation is 2. The summed E-state index contributed by atoms with van der Waals surface area (Å²) in [4.78, 5) is 2.60. The molecule has 0 aliphatic carbocycles. The molecule has 4 heteroatoms. The molecule has 0 spiro atoms. The number of benzene rings is 1. The summed E-state index contributed by atoms with van der Waals surface area (Å²) in [5.74, 6) is 0. The Labute approximate surface area is 119 Å².